The minimum Gasteiger partial charge on any atom is -0.465 e. The average molecular weight is 477 g/mol. The first-order valence-electron chi connectivity index (χ1n) is 12.5. The molecule has 3 fully saturated rings. The molecule has 190 valence electrons. The Morgan fingerprint density at radius 2 is 2.03 bits per heavy atom. The van der Waals surface area contributed by atoms with Crippen LogP contribution < -0.4 is 0 Å². The zero-order valence-corrected chi connectivity index (χ0v) is 21.0. The number of hydrogen-bond donors (Lipinski definition) is 1. The normalized spacial score (nSPS) is 33.4. The molecular formula is C26H40N2O6. The molecule has 0 aromatic rings. The van der Waals surface area contributed by atoms with Crippen LogP contribution in [0, 0.1) is 11.8 Å². The summed E-state index contributed by atoms with van der Waals surface area (Å²) in [6, 6.07) is -1.57. The summed E-state index contributed by atoms with van der Waals surface area (Å²) < 4.78 is 12.1. The summed E-state index contributed by atoms with van der Waals surface area (Å²) >= 11 is 0. The highest BCUT2D eigenvalue weighted by atomic mass is 16.6. The van der Waals surface area contributed by atoms with Crippen molar-refractivity contribution in [1.82, 2.24) is 9.80 Å². The van der Waals surface area contributed by atoms with Gasteiger partial charge in [-0.3, -0.25) is 14.4 Å². The van der Waals surface area contributed by atoms with E-state index in [9.17, 15) is 19.5 Å². The second kappa shape index (κ2) is 10.2. The average Bonchev–Trinajstić information content (AvgIpc) is 3.37. The summed E-state index contributed by atoms with van der Waals surface area (Å²) in [5.74, 6) is -2.64. The molecule has 8 heteroatoms. The van der Waals surface area contributed by atoms with E-state index in [1.807, 2.05) is 13.8 Å². The van der Waals surface area contributed by atoms with E-state index in [2.05, 4.69) is 20.1 Å². The lowest BCUT2D eigenvalue weighted by Gasteiger charge is -2.40. The number of amides is 2. The molecule has 1 spiro atoms. The van der Waals surface area contributed by atoms with Crippen LogP contribution in [0.5, 0.6) is 0 Å². The molecule has 3 aliphatic rings. The van der Waals surface area contributed by atoms with Crippen molar-refractivity contribution in [1.29, 1.82) is 0 Å². The van der Waals surface area contributed by atoms with Crippen LogP contribution in [-0.4, -0.2) is 81.8 Å². The van der Waals surface area contributed by atoms with Gasteiger partial charge in [0, 0.05) is 12.6 Å². The van der Waals surface area contributed by atoms with Gasteiger partial charge in [0.05, 0.1) is 30.8 Å². The lowest BCUT2D eigenvalue weighted by molar-refractivity contribution is -0.162. The predicted molar refractivity (Wildman–Crippen MR) is 128 cm³/mol. The maximum atomic E-state index is 14.1. The van der Waals surface area contributed by atoms with Gasteiger partial charge in [0.25, 0.3) is 0 Å². The Bertz CT molecular complexity index is 830. The van der Waals surface area contributed by atoms with E-state index in [0.717, 1.165) is 12.8 Å². The van der Waals surface area contributed by atoms with E-state index in [1.165, 1.54) is 4.90 Å². The van der Waals surface area contributed by atoms with Gasteiger partial charge in [0.15, 0.2) is 0 Å². The van der Waals surface area contributed by atoms with Crippen molar-refractivity contribution in [3.63, 3.8) is 0 Å². The van der Waals surface area contributed by atoms with Crippen LogP contribution in [0.1, 0.15) is 59.8 Å². The van der Waals surface area contributed by atoms with Crippen molar-refractivity contribution in [2.75, 3.05) is 19.8 Å². The number of fused-ring (bicyclic) bond motifs is 1. The van der Waals surface area contributed by atoms with E-state index >= 15 is 0 Å². The second-order valence-electron chi connectivity index (χ2n) is 10.2. The summed E-state index contributed by atoms with van der Waals surface area (Å²) in [7, 11) is 0. The van der Waals surface area contributed by atoms with Gasteiger partial charge in [-0.05, 0) is 46.5 Å². The van der Waals surface area contributed by atoms with Gasteiger partial charge >= 0.3 is 5.97 Å². The SMILES string of the molecule is C=CCCOC(=O)[C@H]1[C@H]2C(=O)N([C@H](C)CO)C(C(=O)N(CC=C)C(C)CCC)C23CC[C@]1(C)O3. The summed E-state index contributed by atoms with van der Waals surface area (Å²) in [5.41, 5.74) is -2.00. The molecule has 3 rings (SSSR count). The molecule has 3 saturated heterocycles. The third-order valence-electron chi connectivity index (χ3n) is 7.86. The topological polar surface area (TPSA) is 96.4 Å². The largest absolute Gasteiger partial charge is 0.465 e. The zero-order valence-electron chi connectivity index (χ0n) is 21.0. The molecule has 3 aliphatic heterocycles. The first-order chi connectivity index (χ1) is 16.1. The smallest absolute Gasteiger partial charge is 0.312 e. The lowest BCUT2D eigenvalue weighted by Crippen LogP contribution is -2.59. The Hall–Kier alpha value is -2.19. The molecule has 3 heterocycles. The first-order valence-corrected chi connectivity index (χ1v) is 12.5. The molecule has 2 bridgehead atoms. The fraction of sp³-hybridized carbons (Fsp3) is 0.731. The standard InChI is InChI=1S/C26H40N2O6/c1-7-10-15-33-24(32)20-19-22(30)28(18(5)16-29)21(26(19)13-12-25(20,6)34-26)23(31)27(14-9-3)17(4)11-8-2/h7,9,17-21,29H,1,3,8,10-16H2,2,4-6H3/t17?,18-,19+,20-,21?,25+,26?/m1/s1. The molecule has 0 aromatic carbocycles. The number of aliphatic hydroxyl groups is 1. The van der Waals surface area contributed by atoms with Crippen molar-refractivity contribution in [3.05, 3.63) is 25.3 Å². The lowest BCUT2D eigenvalue weighted by atomic mass is 9.66. The molecule has 2 amide bonds. The maximum Gasteiger partial charge on any atom is 0.312 e. The van der Waals surface area contributed by atoms with E-state index in [1.54, 1.807) is 24.0 Å². The molecular weight excluding hydrogens is 436 g/mol. The zero-order chi connectivity index (χ0) is 25.3. The monoisotopic (exact) mass is 476 g/mol. The van der Waals surface area contributed by atoms with Crippen molar-refractivity contribution in [2.45, 2.75) is 89.1 Å². The van der Waals surface area contributed by atoms with Gasteiger partial charge in [-0.1, -0.05) is 25.5 Å². The quantitative estimate of drug-likeness (QED) is 0.264. The van der Waals surface area contributed by atoms with E-state index in [4.69, 9.17) is 9.47 Å². The predicted octanol–water partition coefficient (Wildman–Crippen LogP) is 2.45. The Morgan fingerprint density at radius 3 is 2.62 bits per heavy atom. The highest BCUT2D eigenvalue weighted by molar-refractivity contribution is 5.98. The van der Waals surface area contributed by atoms with Crippen LogP contribution in [0.25, 0.3) is 0 Å². The third kappa shape index (κ3) is 4.09. The van der Waals surface area contributed by atoms with Gasteiger partial charge < -0.3 is 24.4 Å². The summed E-state index contributed by atoms with van der Waals surface area (Å²) in [6.07, 6.45) is 6.62. The van der Waals surface area contributed by atoms with Crippen molar-refractivity contribution >= 4 is 17.8 Å². The number of carbonyl (C=O) groups is 3. The fourth-order valence-corrected chi connectivity index (χ4v) is 6.25. The third-order valence-corrected chi connectivity index (χ3v) is 7.86. The minimum absolute atomic E-state index is 0.0545. The highest BCUT2D eigenvalue weighted by Crippen LogP contribution is 2.63. The summed E-state index contributed by atoms with van der Waals surface area (Å²) in [5, 5.41) is 9.97. The molecule has 0 aliphatic carbocycles. The highest BCUT2D eigenvalue weighted by Gasteiger charge is 2.79. The number of aliphatic hydroxyl groups excluding tert-OH is 1. The number of carbonyl (C=O) groups excluding carboxylic acids is 3. The number of esters is 1. The van der Waals surface area contributed by atoms with Gasteiger partial charge in [0.1, 0.15) is 17.6 Å². The van der Waals surface area contributed by atoms with Crippen LogP contribution in [0.4, 0.5) is 0 Å². The van der Waals surface area contributed by atoms with E-state index in [0.29, 0.717) is 25.8 Å². The van der Waals surface area contributed by atoms with Crippen LogP contribution in [0.15, 0.2) is 25.3 Å². The molecule has 1 N–H and O–H groups in total. The Morgan fingerprint density at radius 1 is 1.32 bits per heavy atom. The van der Waals surface area contributed by atoms with E-state index in [-0.39, 0.29) is 31.1 Å². The Balaban J connectivity index is 2.05. The minimum atomic E-state index is -1.13. The van der Waals surface area contributed by atoms with Gasteiger partial charge in [0.2, 0.25) is 11.8 Å². The molecule has 3 unspecified atom stereocenters. The van der Waals surface area contributed by atoms with Crippen molar-refractivity contribution in [2.24, 2.45) is 11.8 Å². The molecule has 7 atom stereocenters. The fourth-order valence-electron chi connectivity index (χ4n) is 6.25. The number of likely N-dealkylation sites (tertiary alicyclic amines) is 1. The van der Waals surface area contributed by atoms with Crippen molar-refractivity contribution < 1.29 is 29.0 Å². The number of nitrogens with zero attached hydrogens (tertiary/aromatic N) is 2. The summed E-state index contributed by atoms with van der Waals surface area (Å²) in [4.78, 5) is 44.4. The Kier molecular flexibility index (Phi) is 7.92. The maximum absolute atomic E-state index is 14.1. The van der Waals surface area contributed by atoms with Gasteiger partial charge in [-0.2, -0.15) is 0 Å². The molecule has 0 aromatic heterocycles. The van der Waals surface area contributed by atoms with Crippen LogP contribution in [-0.2, 0) is 23.9 Å². The number of ether oxygens (including phenoxy) is 2. The van der Waals surface area contributed by atoms with Gasteiger partial charge in [-0.25, -0.2) is 0 Å². The van der Waals surface area contributed by atoms with Crippen LogP contribution >= 0.6 is 0 Å². The molecule has 0 saturated carbocycles. The number of hydrogen-bond acceptors (Lipinski definition) is 6. The van der Waals surface area contributed by atoms with Gasteiger partial charge in [-0.15, -0.1) is 13.2 Å². The molecule has 34 heavy (non-hydrogen) atoms. The van der Waals surface area contributed by atoms with Crippen molar-refractivity contribution in [3.8, 4) is 0 Å². The summed E-state index contributed by atoms with van der Waals surface area (Å²) in [6.45, 7) is 15.3. The van der Waals surface area contributed by atoms with E-state index < -0.39 is 41.1 Å². The Labute approximate surface area is 202 Å². The second-order valence-corrected chi connectivity index (χ2v) is 10.2. The number of rotatable bonds is 12. The molecule has 0 radical (unpaired) electrons. The van der Waals surface area contributed by atoms with Crippen LogP contribution in [0.3, 0.4) is 0 Å². The van der Waals surface area contributed by atoms with Crippen LogP contribution in [0.2, 0.25) is 0 Å². The molecule has 8 nitrogen and oxygen atoms in total. The first kappa shape index (κ1) is 26.4.